The van der Waals surface area contributed by atoms with Crippen LogP contribution in [0, 0.1) is 0 Å². The van der Waals surface area contributed by atoms with Gasteiger partial charge in [0.1, 0.15) is 6.61 Å². The third-order valence-corrected chi connectivity index (χ3v) is 2.73. The molecule has 0 fully saturated rings. The third kappa shape index (κ3) is 11.7. The third-order valence-electron chi connectivity index (χ3n) is 2.03. The molecule has 0 aliphatic heterocycles. The molecule has 15 heavy (non-hydrogen) atoms. The SMILES string of the molecule is CCOCC(=O)NCCCCCCSC. The van der Waals surface area contributed by atoms with Crippen molar-refractivity contribution in [2.75, 3.05) is 31.8 Å². The Hall–Kier alpha value is -0.220. The number of carbonyl (C=O) groups is 1. The molecule has 1 amide bonds. The Morgan fingerprint density at radius 1 is 1.27 bits per heavy atom. The summed E-state index contributed by atoms with van der Waals surface area (Å²) in [7, 11) is 0. The molecule has 0 spiro atoms. The van der Waals surface area contributed by atoms with E-state index in [-0.39, 0.29) is 12.5 Å². The van der Waals surface area contributed by atoms with Gasteiger partial charge in [0, 0.05) is 13.2 Å². The minimum atomic E-state index is 0.000892. The number of nitrogens with one attached hydrogen (secondary N) is 1. The minimum absolute atomic E-state index is 0.000892. The zero-order valence-electron chi connectivity index (χ0n) is 9.88. The van der Waals surface area contributed by atoms with Crippen LogP contribution in [-0.2, 0) is 9.53 Å². The number of rotatable bonds is 10. The van der Waals surface area contributed by atoms with E-state index in [0.29, 0.717) is 6.61 Å². The molecule has 0 heterocycles. The van der Waals surface area contributed by atoms with Crippen LogP contribution in [0.15, 0.2) is 0 Å². The second kappa shape index (κ2) is 11.9. The maximum Gasteiger partial charge on any atom is 0.245 e. The fraction of sp³-hybridized carbons (Fsp3) is 0.909. The molecule has 0 saturated carbocycles. The molecule has 90 valence electrons. The van der Waals surface area contributed by atoms with Crippen LogP contribution in [0.25, 0.3) is 0 Å². The monoisotopic (exact) mass is 233 g/mol. The van der Waals surface area contributed by atoms with Gasteiger partial charge < -0.3 is 10.1 Å². The number of amides is 1. The van der Waals surface area contributed by atoms with Gasteiger partial charge in [-0.3, -0.25) is 4.79 Å². The summed E-state index contributed by atoms with van der Waals surface area (Å²) >= 11 is 1.89. The molecule has 4 heteroatoms. The molecule has 0 aliphatic rings. The van der Waals surface area contributed by atoms with Crippen LogP contribution in [0.1, 0.15) is 32.6 Å². The molecule has 0 aromatic heterocycles. The van der Waals surface area contributed by atoms with Gasteiger partial charge in [0.25, 0.3) is 0 Å². The Labute approximate surface area is 97.3 Å². The number of carbonyl (C=O) groups excluding carboxylic acids is 1. The van der Waals surface area contributed by atoms with E-state index in [1.807, 2.05) is 18.7 Å². The lowest BCUT2D eigenvalue weighted by molar-refractivity contribution is -0.125. The second-order valence-corrected chi connectivity index (χ2v) is 4.38. The molecule has 0 aliphatic carbocycles. The quantitative estimate of drug-likeness (QED) is 0.587. The van der Waals surface area contributed by atoms with Gasteiger partial charge in [-0.05, 0) is 31.8 Å². The summed E-state index contributed by atoms with van der Waals surface area (Å²) in [4.78, 5) is 11.1. The van der Waals surface area contributed by atoms with Crippen LogP contribution in [0.2, 0.25) is 0 Å². The number of hydrogen-bond donors (Lipinski definition) is 1. The lowest BCUT2D eigenvalue weighted by Gasteiger charge is -2.04. The van der Waals surface area contributed by atoms with E-state index >= 15 is 0 Å². The van der Waals surface area contributed by atoms with Crippen molar-refractivity contribution in [3.05, 3.63) is 0 Å². The molecular formula is C11H23NO2S. The summed E-state index contributed by atoms with van der Waals surface area (Å²) in [6.45, 7) is 3.47. The lowest BCUT2D eigenvalue weighted by Crippen LogP contribution is -2.28. The number of unbranched alkanes of at least 4 members (excludes halogenated alkanes) is 3. The van der Waals surface area contributed by atoms with Crippen LogP contribution in [0.5, 0.6) is 0 Å². The molecule has 0 saturated heterocycles. The Morgan fingerprint density at radius 3 is 2.67 bits per heavy atom. The Morgan fingerprint density at radius 2 is 2.00 bits per heavy atom. The number of thioether (sulfide) groups is 1. The summed E-state index contributed by atoms with van der Waals surface area (Å²) < 4.78 is 4.99. The molecule has 0 rings (SSSR count). The van der Waals surface area contributed by atoms with Crippen molar-refractivity contribution in [3.8, 4) is 0 Å². The van der Waals surface area contributed by atoms with Crippen molar-refractivity contribution < 1.29 is 9.53 Å². The van der Waals surface area contributed by atoms with Crippen molar-refractivity contribution in [2.24, 2.45) is 0 Å². The molecule has 1 N–H and O–H groups in total. The summed E-state index contributed by atoms with van der Waals surface area (Å²) in [5, 5.41) is 2.84. The van der Waals surface area contributed by atoms with E-state index in [2.05, 4.69) is 11.6 Å². The lowest BCUT2D eigenvalue weighted by atomic mass is 10.2. The van der Waals surface area contributed by atoms with Crippen molar-refractivity contribution in [3.63, 3.8) is 0 Å². The Balaban J connectivity index is 3.06. The van der Waals surface area contributed by atoms with Crippen LogP contribution >= 0.6 is 11.8 Å². The summed E-state index contributed by atoms with van der Waals surface area (Å²) in [5.41, 5.74) is 0. The van der Waals surface area contributed by atoms with Gasteiger partial charge >= 0.3 is 0 Å². The van der Waals surface area contributed by atoms with Crippen molar-refractivity contribution in [1.82, 2.24) is 5.32 Å². The topological polar surface area (TPSA) is 38.3 Å². The molecule has 0 atom stereocenters. The van der Waals surface area contributed by atoms with Gasteiger partial charge in [0.05, 0.1) is 0 Å². The highest BCUT2D eigenvalue weighted by Gasteiger charge is 1.98. The molecule has 0 unspecified atom stereocenters. The van der Waals surface area contributed by atoms with E-state index < -0.39 is 0 Å². The van der Waals surface area contributed by atoms with Gasteiger partial charge in [-0.15, -0.1) is 0 Å². The molecule has 3 nitrogen and oxygen atoms in total. The van der Waals surface area contributed by atoms with E-state index in [0.717, 1.165) is 13.0 Å². The fourth-order valence-corrected chi connectivity index (χ4v) is 1.69. The Kier molecular flexibility index (Phi) is 11.7. The summed E-state index contributed by atoms with van der Waals surface area (Å²) in [5.74, 6) is 1.25. The highest BCUT2D eigenvalue weighted by molar-refractivity contribution is 7.98. The summed E-state index contributed by atoms with van der Waals surface area (Å²) in [6.07, 6.45) is 6.96. The van der Waals surface area contributed by atoms with Crippen molar-refractivity contribution in [2.45, 2.75) is 32.6 Å². The van der Waals surface area contributed by atoms with E-state index in [4.69, 9.17) is 4.74 Å². The van der Waals surface area contributed by atoms with Crippen molar-refractivity contribution >= 4 is 17.7 Å². The zero-order chi connectivity index (χ0) is 11.4. The van der Waals surface area contributed by atoms with Gasteiger partial charge in [0.15, 0.2) is 0 Å². The maximum absolute atomic E-state index is 11.1. The fourth-order valence-electron chi connectivity index (χ4n) is 1.20. The van der Waals surface area contributed by atoms with E-state index in [1.54, 1.807) is 0 Å². The normalized spacial score (nSPS) is 10.3. The first-order valence-corrected chi connectivity index (χ1v) is 7.04. The van der Waals surface area contributed by atoms with Gasteiger partial charge in [-0.1, -0.05) is 12.8 Å². The largest absolute Gasteiger partial charge is 0.372 e. The number of hydrogen-bond acceptors (Lipinski definition) is 3. The highest BCUT2D eigenvalue weighted by atomic mass is 32.2. The van der Waals surface area contributed by atoms with Gasteiger partial charge in [-0.25, -0.2) is 0 Å². The second-order valence-electron chi connectivity index (χ2n) is 3.39. The minimum Gasteiger partial charge on any atom is -0.372 e. The van der Waals surface area contributed by atoms with Crippen LogP contribution in [0.4, 0.5) is 0 Å². The molecule has 0 radical (unpaired) electrons. The molecule has 0 bridgehead atoms. The molecular weight excluding hydrogens is 210 g/mol. The first-order chi connectivity index (χ1) is 7.31. The summed E-state index contributed by atoms with van der Waals surface area (Å²) in [6, 6.07) is 0. The van der Waals surface area contributed by atoms with Crippen molar-refractivity contribution in [1.29, 1.82) is 0 Å². The highest BCUT2D eigenvalue weighted by Crippen LogP contribution is 2.03. The first kappa shape index (κ1) is 14.8. The van der Waals surface area contributed by atoms with E-state index in [1.165, 1.54) is 25.0 Å². The number of ether oxygens (including phenoxy) is 1. The first-order valence-electron chi connectivity index (χ1n) is 5.64. The average Bonchev–Trinajstić information content (AvgIpc) is 2.25. The average molecular weight is 233 g/mol. The predicted molar refractivity (Wildman–Crippen MR) is 66.4 cm³/mol. The van der Waals surface area contributed by atoms with Gasteiger partial charge in [0.2, 0.25) is 5.91 Å². The van der Waals surface area contributed by atoms with Crippen LogP contribution in [0.3, 0.4) is 0 Å². The van der Waals surface area contributed by atoms with E-state index in [9.17, 15) is 4.79 Å². The molecule has 0 aromatic rings. The van der Waals surface area contributed by atoms with Crippen LogP contribution in [-0.4, -0.2) is 37.7 Å². The molecule has 0 aromatic carbocycles. The predicted octanol–water partition coefficient (Wildman–Crippen LogP) is 2.06. The smallest absolute Gasteiger partial charge is 0.245 e. The Bertz CT molecular complexity index is 154. The standard InChI is InChI=1S/C11H23NO2S/c1-3-14-10-11(13)12-8-6-4-5-7-9-15-2/h3-10H2,1-2H3,(H,12,13). The van der Waals surface area contributed by atoms with Crippen LogP contribution < -0.4 is 5.32 Å². The maximum atomic E-state index is 11.1. The zero-order valence-corrected chi connectivity index (χ0v) is 10.7. The van der Waals surface area contributed by atoms with Gasteiger partial charge in [-0.2, -0.15) is 11.8 Å².